The standard InChI is InChI=1S/3C18H37.3Cd.H3O4P/c3*1-3-5-7-9-11-13-15-17-18-16-14-12-10-8-6-4-2;;;;1-5(2,3)4/h3*1,3-18H2,2H3;;;;(H3,1,2,3,4)/q3*-1;3*+2;/p-3. The minimum Gasteiger partial charge on any atom is -0.822 e. The average Bonchev–Trinajstić information content (AvgIpc) is 3.21. The van der Waals surface area contributed by atoms with Gasteiger partial charge in [-0.3, -0.25) is 0 Å². The molecule has 0 aromatic heterocycles. The molecular weight excluding hydrogens is 1080 g/mol. The van der Waals surface area contributed by atoms with E-state index in [1.165, 1.54) is 289 Å². The predicted molar refractivity (Wildman–Crippen MR) is 262 cm³/mol. The predicted octanol–water partition coefficient (Wildman–Crippen LogP) is 18.4. The summed E-state index contributed by atoms with van der Waals surface area (Å²) in [6.45, 7) is 18.5. The minimum absolute atomic E-state index is 0. The van der Waals surface area contributed by atoms with Crippen LogP contribution >= 0.6 is 7.82 Å². The van der Waals surface area contributed by atoms with Crippen LogP contribution in [0, 0.1) is 20.8 Å². The number of unbranched alkanes of at least 4 members (excludes halogenated alkanes) is 45. The number of hydrogen-bond donors (Lipinski definition) is 0. The quantitative estimate of drug-likeness (QED) is 0.0263. The number of hydrogen-bond acceptors (Lipinski definition) is 4. The molecule has 0 saturated carbocycles. The third-order valence-electron chi connectivity index (χ3n) is 11.6. The van der Waals surface area contributed by atoms with E-state index in [1.807, 2.05) is 0 Å². The normalized spacial score (nSPS) is 10.5. The number of rotatable bonds is 45. The van der Waals surface area contributed by atoms with E-state index in [1.54, 1.807) is 0 Å². The van der Waals surface area contributed by atoms with Gasteiger partial charge >= 0.3 is 81.9 Å². The molecule has 0 N–H and O–H groups in total. The molecular formula is C54H111Cd3O4P. The second kappa shape index (κ2) is 78.1. The fourth-order valence-corrected chi connectivity index (χ4v) is 7.64. The molecule has 0 aliphatic rings. The van der Waals surface area contributed by atoms with Crippen LogP contribution in [-0.4, -0.2) is 0 Å². The summed E-state index contributed by atoms with van der Waals surface area (Å²) in [6, 6.07) is 0. The van der Waals surface area contributed by atoms with Crippen molar-refractivity contribution < 1.29 is 101 Å². The molecule has 0 rings (SSSR count). The van der Waals surface area contributed by atoms with Gasteiger partial charge in [0, 0.05) is 0 Å². The second-order valence-electron chi connectivity index (χ2n) is 17.9. The van der Waals surface area contributed by atoms with Crippen LogP contribution in [0.3, 0.4) is 0 Å². The van der Waals surface area contributed by atoms with Gasteiger partial charge in [-0.2, -0.15) is 27.1 Å². The summed E-state index contributed by atoms with van der Waals surface area (Å²) in [4.78, 5) is 25.6. The van der Waals surface area contributed by atoms with Crippen LogP contribution in [0.2, 0.25) is 0 Å². The molecule has 0 atom stereocenters. The number of phosphoric acid groups is 1. The molecule has 0 unspecified atom stereocenters. The van der Waals surface area contributed by atoms with Crippen molar-refractivity contribution >= 4 is 7.82 Å². The zero-order chi connectivity index (χ0) is 44.4. The largest absolute Gasteiger partial charge is 2.00 e. The van der Waals surface area contributed by atoms with Crippen molar-refractivity contribution in [2.75, 3.05) is 0 Å². The Bertz CT molecular complexity index is 581. The Kier molecular flexibility index (Phi) is 99.5. The molecule has 0 bridgehead atoms. The van der Waals surface area contributed by atoms with Gasteiger partial charge in [0.05, 0.1) is 0 Å². The van der Waals surface area contributed by atoms with E-state index in [-0.39, 0.29) is 81.9 Å². The Balaban J connectivity index is -0.000000135. The summed E-state index contributed by atoms with van der Waals surface area (Å²) in [5, 5.41) is 0. The van der Waals surface area contributed by atoms with E-state index in [2.05, 4.69) is 41.5 Å². The third kappa shape index (κ3) is 105. The fourth-order valence-electron chi connectivity index (χ4n) is 7.64. The average molecular weight is 1190 g/mol. The Morgan fingerprint density at radius 1 is 0.242 bits per heavy atom. The third-order valence-corrected chi connectivity index (χ3v) is 11.6. The zero-order valence-corrected chi connectivity index (χ0v) is 56.3. The van der Waals surface area contributed by atoms with Crippen LogP contribution in [-0.2, 0) is 86.5 Å². The topological polar surface area (TPSA) is 86.2 Å². The van der Waals surface area contributed by atoms with Gasteiger partial charge in [-0.05, 0) is 0 Å². The molecule has 0 aromatic rings. The molecule has 8 heteroatoms. The van der Waals surface area contributed by atoms with Gasteiger partial charge in [-0.15, -0.1) is 0 Å². The van der Waals surface area contributed by atoms with Crippen LogP contribution < -0.4 is 14.7 Å². The summed E-state index contributed by atoms with van der Waals surface area (Å²) in [6.07, 6.45) is 68.5. The van der Waals surface area contributed by atoms with Crippen LogP contribution in [0.25, 0.3) is 0 Å². The van der Waals surface area contributed by atoms with Gasteiger partial charge in [0.25, 0.3) is 0 Å². The molecule has 362 valence electrons. The molecule has 0 aliphatic carbocycles. The second-order valence-corrected chi connectivity index (χ2v) is 18.8. The Labute approximate surface area is 454 Å². The van der Waals surface area contributed by atoms with Gasteiger partial charge < -0.3 is 40.0 Å². The molecule has 0 radical (unpaired) electrons. The Morgan fingerprint density at radius 3 is 0.403 bits per heavy atom. The van der Waals surface area contributed by atoms with Gasteiger partial charge in [-0.25, -0.2) is 0 Å². The molecule has 0 amide bonds. The molecule has 0 aromatic carbocycles. The molecule has 62 heavy (non-hydrogen) atoms. The van der Waals surface area contributed by atoms with Crippen molar-refractivity contribution in [2.45, 2.75) is 329 Å². The van der Waals surface area contributed by atoms with Crippen molar-refractivity contribution in [3.8, 4) is 0 Å². The van der Waals surface area contributed by atoms with Crippen molar-refractivity contribution in [3.05, 3.63) is 20.8 Å². The van der Waals surface area contributed by atoms with Gasteiger partial charge in [0.2, 0.25) is 0 Å². The van der Waals surface area contributed by atoms with Gasteiger partial charge in [-0.1, -0.05) is 310 Å². The fraction of sp³-hybridized carbons (Fsp3) is 0.944. The van der Waals surface area contributed by atoms with Crippen LogP contribution in [0.15, 0.2) is 0 Å². The van der Waals surface area contributed by atoms with E-state index in [9.17, 15) is 0 Å². The van der Waals surface area contributed by atoms with E-state index < -0.39 is 7.82 Å². The molecule has 0 aliphatic heterocycles. The molecule has 0 fully saturated rings. The maximum absolute atomic E-state index is 8.55. The van der Waals surface area contributed by atoms with Crippen molar-refractivity contribution in [1.29, 1.82) is 0 Å². The maximum atomic E-state index is 8.55. The first-order chi connectivity index (χ1) is 28.7. The van der Waals surface area contributed by atoms with Crippen LogP contribution in [0.5, 0.6) is 0 Å². The van der Waals surface area contributed by atoms with Crippen LogP contribution in [0.1, 0.15) is 329 Å². The van der Waals surface area contributed by atoms with Gasteiger partial charge in [0.1, 0.15) is 0 Å². The monoisotopic (exact) mass is 1200 g/mol. The summed E-state index contributed by atoms with van der Waals surface area (Å²) >= 11 is 0. The van der Waals surface area contributed by atoms with E-state index >= 15 is 0 Å². The van der Waals surface area contributed by atoms with Crippen LogP contribution in [0.4, 0.5) is 0 Å². The Hall–Kier alpha value is 2.88. The first-order valence-corrected chi connectivity index (χ1v) is 28.3. The molecule has 0 heterocycles. The van der Waals surface area contributed by atoms with Crippen molar-refractivity contribution in [3.63, 3.8) is 0 Å². The van der Waals surface area contributed by atoms with Crippen molar-refractivity contribution in [2.24, 2.45) is 0 Å². The molecule has 4 nitrogen and oxygen atoms in total. The summed E-state index contributed by atoms with van der Waals surface area (Å²) in [7, 11) is -5.39. The van der Waals surface area contributed by atoms with E-state index in [4.69, 9.17) is 19.2 Å². The smallest absolute Gasteiger partial charge is 0.822 e. The maximum Gasteiger partial charge on any atom is 2.00 e. The SMILES string of the molecule is O=P([O-])([O-])[O-].[CH2-]CCCCCCCCCCCCCCCCC.[CH2-]CCCCCCCCCCCCCCCCC.[CH2-]CCCCCCCCCCCCCCCCC.[Cd+2].[Cd+2].[Cd+2]. The first kappa shape index (κ1) is 79.0. The molecule has 0 spiro atoms. The summed E-state index contributed by atoms with van der Waals surface area (Å²) < 4.78 is 8.55. The zero-order valence-electron chi connectivity index (χ0n) is 43.3. The summed E-state index contributed by atoms with van der Waals surface area (Å²) in [5.41, 5.74) is 0. The Morgan fingerprint density at radius 2 is 0.323 bits per heavy atom. The molecule has 0 saturated heterocycles. The van der Waals surface area contributed by atoms with Gasteiger partial charge in [0.15, 0.2) is 0 Å². The first-order valence-electron chi connectivity index (χ1n) is 26.9. The van der Waals surface area contributed by atoms with Crippen molar-refractivity contribution in [1.82, 2.24) is 0 Å². The minimum atomic E-state index is -5.39. The summed E-state index contributed by atoms with van der Waals surface area (Å²) in [5.74, 6) is 0. The van der Waals surface area contributed by atoms with E-state index in [0.29, 0.717) is 0 Å². The van der Waals surface area contributed by atoms with E-state index in [0.717, 1.165) is 19.3 Å².